The summed E-state index contributed by atoms with van der Waals surface area (Å²) in [5, 5.41) is 3.58. The number of aryl methyl sites for hydroxylation is 1. The highest BCUT2D eigenvalue weighted by Crippen LogP contribution is 2.29. The normalized spacial score (nSPS) is 24.3. The molecule has 0 saturated carbocycles. The summed E-state index contributed by atoms with van der Waals surface area (Å²) in [6, 6.07) is 8.96. The summed E-state index contributed by atoms with van der Waals surface area (Å²) < 4.78 is 0. The zero-order chi connectivity index (χ0) is 10.9. The third kappa shape index (κ3) is 2.40. The predicted octanol–water partition coefficient (Wildman–Crippen LogP) is 2.93. The standard InChI is InChI=1S/C14H21N/c1-11-4-6-12(7-5-11)10-13-8-9-15-14(13,2)3/h4-7,13,15H,8-10H2,1-3H3. The highest BCUT2D eigenvalue weighted by Gasteiger charge is 2.33. The van der Waals surface area contributed by atoms with E-state index in [0.29, 0.717) is 5.54 Å². The lowest BCUT2D eigenvalue weighted by molar-refractivity contribution is 0.332. The molecule has 1 atom stereocenters. The van der Waals surface area contributed by atoms with Crippen molar-refractivity contribution in [3.8, 4) is 0 Å². The molecule has 1 aromatic carbocycles. The average Bonchev–Trinajstić information content (AvgIpc) is 2.50. The van der Waals surface area contributed by atoms with Gasteiger partial charge < -0.3 is 5.32 Å². The fourth-order valence-electron chi connectivity index (χ4n) is 2.44. The molecule has 0 bridgehead atoms. The Balaban J connectivity index is 2.06. The molecule has 1 nitrogen and oxygen atoms in total. The van der Waals surface area contributed by atoms with Gasteiger partial charge in [-0.25, -0.2) is 0 Å². The van der Waals surface area contributed by atoms with E-state index in [4.69, 9.17) is 0 Å². The van der Waals surface area contributed by atoms with E-state index in [1.54, 1.807) is 0 Å². The molecule has 0 radical (unpaired) electrons. The highest BCUT2D eigenvalue weighted by molar-refractivity contribution is 5.22. The molecular formula is C14H21N. The molecule has 1 saturated heterocycles. The minimum atomic E-state index is 0.310. The largest absolute Gasteiger partial charge is 0.311 e. The van der Waals surface area contributed by atoms with E-state index in [2.05, 4.69) is 50.4 Å². The van der Waals surface area contributed by atoms with Crippen molar-refractivity contribution < 1.29 is 0 Å². The summed E-state index contributed by atoms with van der Waals surface area (Å²) in [5.41, 5.74) is 3.13. The fourth-order valence-corrected chi connectivity index (χ4v) is 2.44. The highest BCUT2D eigenvalue weighted by atomic mass is 15.0. The summed E-state index contributed by atoms with van der Waals surface area (Å²) in [7, 11) is 0. The van der Waals surface area contributed by atoms with E-state index in [9.17, 15) is 0 Å². The summed E-state index contributed by atoms with van der Waals surface area (Å²) in [4.78, 5) is 0. The van der Waals surface area contributed by atoms with Gasteiger partial charge in [0, 0.05) is 5.54 Å². The summed E-state index contributed by atoms with van der Waals surface area (Å²) in [6.07, 6.45) is 2.52. The van der Waals surface area contributed by atoms with Crippen LogP contribution in [-0.2, 0) is 6.42 Å². The Morgan fingerprint density at radius 3 is 2.47 bits per heavy atom. The first-order chi connectivity index (χ1) is 7.08. The Bertz CT molecular complexity index is 324. The molecular weight excluding hydrogens is 182 g/mol. The van der Waals surface area contributed by atoms with Gasteiger partial charge in [0.1, 0.15) is 0 Å². The summed E-state index contributed by atoms with van der Waals surface area (Å²) >= 11 is 0. The van der Waals surface area contributed by atoms with Crippen molar-refractivity contribution >= 4 is 0 Å². The summed E-state index contributed by atoms with van der Waals surface area (Å²) in [6.45, 7) is 7.95. The molecule has 1 heteroatoms. The minimum absolute atomic E-state index is 0.310. The van der Waals surface area contributed by atoms with Gasteiger partial charge in [-0.15, -0.1) is 0 Å². The van der Waals surface area contributed by atoms with Crippen LogP contribution in [0.2, 0.25) is 0 Å². The number of hydrogen-bond acceptors (Lipinski definition) is 1. The molecule has 1 fully saturated rings. The molecule has 0 aromatic heterocycles. The number of hydrogen-bond donors (Lipinski definition) is 1. The molecule has 1 heterocycles. The van der Waals surface area contributed by atoms with Gasteiger partial charge in [0.05, 0.1) is 0 Å². The Labute approximate surface area is 92.9 Å². The van der Waals surface area contributed by atoms with Crippen LogP contribution in [0.4, 0.5) is 0 Å². The first kappa shape index (κ1) is 10.7. The minimum Gasteiger partial charge on any atom is -0.311 e. The van der Waals surface area contributed by atoms with E-state index in [0.717, 1.165) is 5.92 Å². The maximum Gasteiger partial charge on any atom is 0.0156 e. The molecule has 15 heavy (non-hydrogen) atoms. The maximum absolute atomic E-state index is 3.58. The molecule has 1 unspecified atom stereocenters. The van der Waals surface area contributed by atoms with Crippen LogP contribution in [0.5, 0.6) is 0 Å². The van der Waals surface area contributed by atoms with Gasteiger partial charge in [0.15, 0.2) is 0 Å². The van der Waals surface area contributed by atoms with Crippen LogP contribution in [0.15, 0.2) is 24.3 Å². The second-order valence-electron chi connectivity index (χ2n) is 5.32. The van der Waals surface area contributed by atoms with E-state index < -0.39 is 0 Å². The van der Waals surface area contributed by atoms with Crippen molar-refractivity contribution in [2.24, 2.45) is 5.92 Å². The lowest BCUT2D eigenvalue weighted by Crippen LogP contribution is -2.38. The van der Waals surface area contributed by atoms with Crippen molar-refractivity contribution in [2.75, 3.05) is 6.54 Å². The number of rotatable bonds is 2. The van der Waals surface area contributed by atoms with Crippen LogP contribution in [0.25, 0.3) is 0 Å². The van der Waals surface area contributed by atoms with Gasteiger partial charge >= 0.3 is 0 Å². The van der Waals surface area contributed by atoms with Gasteiger partial charge in [-0.05, 0) is 51.6 Å². The van der Waals surface area contributed by atoms with E-state index in [1.165, 1.54) is 30.5 Å². The quantitative estimate of drug-likeness (QED) is 0.779. The van der Waals surface area contributed by atoms with Crippen molar-refractivity contribution in [1.29, 1.82) is 0 Å². The van der Waals surface area contributed by atoms with Gasteiger partial charge in [0.2, 0.25) is 0 Å². The maximum atomic E-state index is 3.58. The second kappa shape index (κ2) is 3.97. The number of benzene rings is 1. The molecule has 0 aliphatic carbocycles. The van der Waals surface area contributed by atoms with Crippen LogP contribution in [0.3, 0.4) is 0 Å². The first-order valence-electron chi connectivity index (χ1n) is 5.88. The molecule has 1 aromatic rings. The smallest absolute Gasteiger partial charge is 0.0156 e. The van der Waals surface area contributed by atoms with Crippen molar-refractivity contribution in [3.05, 3.63) is 35.4 Å². The topological polar surface area (TPSA) is 12.0 Å². The zero-order valence-electron chi connectivity index (χ0n) is 10.0. The lowest BCUT2D eigenvalue weighted by Gasteiger charge is -2.27. The van der Waals surface area contributed by atoms with E-state index >= 15 is 0 Å². The Kier molecular flexibility index (Phi) is 2.83. The average molecular weight is 203 g/mol. The molecule has 82 valence electrons. The van der Waals surface area contributed by atoms with Gasteiger partial charge in [-0.1, -0.05) is 29.8 Å². The fraction of sp³-hybridized carbons (Fsp3) is 0.571. The Morgan fingerprint density at radius 1 is 1.27 bits per heavy atom. The Hall–Kier alpha value is -0.820. The van der Waals surface area contributed by atoms with Gasteiger partial charge in [-0.3, -0.25) is 0 Å². The molecule has 0 amide bonds. The number of nitrogens with one attached hydrogen (secondary N) is 1. The first-order valence-corrected chi connectivity index (χ1v) is 5.88. The van der Waals surface area contributed by atoms with Crippen LogP contribution in [0, 0.1) is 12.8 Å². The predicted molar refractivity (Wildman–Crippen MR) is 65.1 cm³/mol. The van der Waals surface area contributed by atoms with Crippen LogP contribution >= 0.6 is 0 Å². The summed E-state index contributed by atoms with van der Waals surface area (Å²) in [5.74, 6) is 0.778. The monoisotopic (exact) mass is 203 g/mol. The SMILES string of the molecule is Cc1ccc(CC2CCNC2(C)C)cc1. The van der Waals surface area contributed by atoms with Crippen LogP contribution in [0.1, 0.15) is 31.4 Å². The van der Waals surface area contributed by atoms with E-state index in [1.807, 2.05) is 0 Å². The van der Waals surface area contributed by atoms with Crippen LogP contribution in [-0.4, -0.2) is 12.1 Å². The molecule has 0 spiro atoms. The second-order valence-corrected chi connectivity index (χ2v) is 5.32. The van der Waals surface area contributed by atoms with Crippen LogP contribution < -0.4 is 5.32 Å². The van der Waals surface area contributed by atoms with Crippen molar-refractivity contribution in [2.45, 2.75) is 39.2 Å². The van der Waals surface area contributed by atoms with E-state index in [-0.39, 0.29) is 0 Å². The third-order valence-electron chi connectivity index (χ3n) is 3.70. The zero-order valence-corrected chi connectivity index (χ0v) is 10.0. The molecule has 1 aliphatic rings. The molecule has 1 N–H and O–H groups in total. The van der Waals surface area contributed by atoms with Crippen molar-refractivity contribution in [3.63, 3.8) is 0 Å². The van der Waals surface area contributed by atoms with Crippen molar-refractivity contribution in [1.82, 2.24) is 5.32 Å². The Morgan fingerprint density at radius 2 is 1.93 bits per heavy atom. The molecule has 1 aliphatic heterocycles. The lowest BCUT2D eigenvalue weighted by atomic mass is 9.84. The molecule has 2 rings (SSSR count). The van der Waals surface area contributed by atoms with Gasteiger partial charge in [-0.2, -0.15) is 0 Å². The third-order valence-corrected chi connectivity index (χ3v) is 3.70. The van der Waals surface area contributed by atoms with Gasteiger partial charge in [0.25, 0.3) is 0 Å².